The monoisotopic (exact) mass is 524 g/mol. The Kier molecular flexibility index (Phi) is 7.56. The summed E-state index contributed by atoms with van der Waals surface area (Å²) in [5.74, 6) is -1.09. The largest absolute Gasteiger partial charge is 0.457 e. The molecule has 0 atom stereocenters. The van der Waals surface area contributed by atoms with E-state index in [-0.39, 0.29) is 0 Å². The molecule has 0 amide bonds. The number of rotatable bonds is 9. The molecule has 0 radical (unpaired) electrons. The van der Waals surface area contributed by atoms with Gasteiger partial charge in [-0.1, -0.05) is 96.6 Å². The maximum atomic E-state index is 12.7. The Hall–Kier alpha value is -5.42. The molecule has 0 heterocycles. The quantitative estimate of drug-likeness (QED) is 0.147. The Morgan fingerprint density at radius 1 is 0.400 bits per heavy atom. The summed E-state index contributed by atoms with van der Waals surface area (Å²) in [5.41, 5.74) is 4.17. The van der Waals surface area contributed by atoms with Gasteiger partial charge in [0, 0.05) is 22.3 Å². The zero-order valence-electron chi connectivity index (χ0n) is 21.7. The smallest absolute Gasteiger partial charge is 0.233 e. The van der Waals surface area contributed by atoms with Crippen LogP contribution >= 0.6 is 0 Å². The highest BCUT2D eigenvalue weighted by Crippen LogP contribution is 2.27. The van der Waals surface area contributed by atoms with Crippen molar-refractivity contribution >= 4 is 23.1 Å². The van der Waals surface area contributed by atoms with Crippen molar-refractivity contribution in [1.82, 2.24) is 0 Å². The van der Waals surface area contributed by atoms with E-state index < -0.39 is 23.1 Å². The average molecular weight is 525 g/mol. The highest BCUT2D eigenvalue weighted by Gasteiger charge is 2.19. The first-order valence-corrected chi connectivity index (χ1v) is 12.7. The zero-order valence-corrected chi connectivity index (χ0v) is 21.7. The summed E-state index contributed by atoms with van der Waals surface area (Å²) < 4.78 is 5.90. The molecule has 5 nitrogen and oxygen atoms in total. The van der Waals surface area contributed by atoms with Crippen LogP contribution in [0.25, 0.3) is 11.1 Å². The Balaban J connectivity index is 1.22. The fraction of sp³-hybridized carbons (Fsp3) is 0.0286. The van der Waals surface area contributed by atoms with Crippen LogP contribution in [0.3, 0.4) is 0 Å². The predicted octanol–water partition coefficient (Wildman–Crippen LogP) is 7.59. The van der Waals surface area contributed by atoms with Gasteiger partial charge in [-0.3, -0.25) is 19.2 Å². The number of carbonyl (C=O) groups excluding carboxylic acids is 4. The van der Waals surface area contributed by atoms with E-state index in [2.05, 4.69) is 0 Å². The second-order valence-electron chi connectivity index (χ2n) is 9.28. The molecule has 40 heavy (non-hydrogen) atoms. The van der Waals surface area contributed by atoms with E-state index in [1.54, 1.807) is 91.0 Å². The van der Waals surface area contributed by atoms with Crippen LogP contribution in [0.1, 0.15) is 47.0 Å². The second kappa shape index (κ2) is 11.5. The Labute approximate surface area is 231 Å². The van der Waals surface area contributed by atoms with Crippen LogP contribution < -0.4 is 4.74 Å². The number of Topliss-reactive ketones (excluding diaryl/α,β-unsaturated/α-hetero) is 4. The van der Waals surface area contributed by atoms with Gasteiger partial charge >= 0.3 is 0 Å². The van der Waals surface area contributed by atoms with Crippen LogP contribution in [-0.4, -0.2) is 23.1 Å². The molecule has 5 aromatic rings. The Morgan fingerprint density at radius 3 is 1.18 bits per heavy atom. The predicted molar refractivity (Wildman–Crippen MR) is 153 cm³/mol. The number of ether oxygens (including phenoxy) is 1. The van der Waals surface area contributed by atoms with Gasteiger partial charge in [-0.2, -0.15) is 0 Å². The van der Waals surface area contributed by atoms with Gasteiger partial charge in [-0.05, 0) is 54.4 Å². The molecule has 0 saturated heterocycles. The van der Waals surface area contributed by atoms with Gasteiger partial charge in [0.2, 0.25) is 23.1 Å². The van der Waals surface area contributed by atoms with Gasteiger partial charge in [0.05, 0.1) is 0 Å². The van der Waals surface area contributed by atoms with Crippen molar-refractivity contribution in [3.63, 3.8) is 0 Å². The third-order valence-corrected chi connectivity index (χ3v) is 6.45. The summed E-state index contributed by atoms with van der Waals surface area (Å²) in [4.78, 5) is 50.1. The van der Waals surface area contributed by atoms with Crippen molar-refractivity contribution < 1.29 is 23.9 Å². The Morgan fingerprint density at radius 2 is 0.725 bits per heavy atom. The standard InChI is InChI=1S/C35H24O5/c1-23-7-9-27(10-8-23)33(37)34(38)28-13-11-24(12-14-28)25-15-19-30(20-16-25)40-31-21-17-29(18-22-31)35(39)32(36)26-5-3-2-4-6-26/h2-22H,1H3. The van der Waals surface area contributed by atoms with Gasteiger partial charge in [0.1, 0.15) is 11.5 Å². The lowest BCUT2D eigenvalue weighted by atomic mass is 9.98. The van der Waals surface area contributed by atoms with E-state index in [0.29, 0.717) is 33.8 Å². The third kappa shape index (κ3) is 5.84. The van der Waals surface area contributed by atoms with E-state index in [9.17, 15) is 19.2 Å². The van der Waals surface area contributed by atoms with E-state index in [4.69, 9.17) is 4.74 Å². The molecule has 0 N–H and O–H groups in total. The lowest BCUT2D eigenvalue weighted by Crippen LogP contribution is -2.14. The maximum Gasteiger partial charge on any atom is 0.233 e. The van der Waals surface area contributed by atoms with Crippen LogP contribution in [0, 0.1) is 6.92 Å². The highest BCUT2D eigenvalue weighted by molar-refractivity contribution is 6.49. The summed E-state index contributed by atoms with van der Waals surface area (Å²) in [6.45, 7) is 1.92. The fourth-order valence-electron chi connectivity index (χ4n) is 4.16. The van der Waals surface area contributed by atoms with Gasteiger partial charge < -0.3 is 4.74 Å². The van der Waals surface area contributed by atoms with E-state index in [1.165, 1.54) is 0 Å². The van der Waals surface area contributed by atoms with Gasteiger partial charge in [-0.25, -0.2) is 0 Å². The first-order chi connectivity index (χ1) is 19.4. The van der Waals surface area contributed by atoms with E-state index in [0.717, 1.165) is 16.7 Å². The van der Waals surface area contributed by atoms with E-state index >= 15 is 0 Å². The van der Waals surface area contributed by atoms with Crippen LogP contribution in [0.5, 0.6) is 11.5 Å². The molecule has 0 fully saturated rings. The fourth-order valence-corrected chi connectivity index (χ4v) is 4.16. The van der Waals surface area contributed by atoms with Crippen LogP contribution in [-0.2, 0) is 0 Å². The van der Waals surface area contributed by atoms with Gasteiger partial charge in [0.25, 0.3) is 0 Å². The number of ketones is 4. The summed E-state index contributed by atoms with van der Waals surface area (Å²) in [6.07, 6.45) is 0. The molecular weight excluding hydrogens is 500 g/mol. The van der Waals surface area contributed by atoms with Gasteiger partial charge in [0.15, 0.2) is 0 Å². The molecule has 0 aliphatic carbocycles. The van der Waals surface area contributed by atoms with Crippen molar-refractivity contribution in [3.8, 4) is 22.6 Å². The molecule has 5 aromatic carbocycles. The highest BCUT2D eigenvalue weighted by atomic mass is 16.5. The molecule has 0 unspecified atom stereocenters. The summed E-state index contributed by atoms with van der Waals surface area (Å²) in [5, 5.41) is 0. The minimum atomic E-state index is -0.575. The minimum Gasteiger partial charge on any atom is -0.457 e. The zero-order chi connectivity index (χ0) is 28.1. The molecule has 0 aromatic heterocycles. The molecule has 0 spiro atoms. The molecule has 5 heteroatoms. The molecule has 0 saturated carbocycles. The molecule has 5 rings (SSSR count). The van der Waals surface area contributed by atoms with E-state index in [1.807, 2.05) is 43.3 Å². The normalized spacial score (nSPS) is 10.5. The molecule has 0 aliphatic rings. The minimum absolute atomic E-state index is 0.291. The number of aryl methyl sites for hydroxylation is 1. The van der Waals surface area contributed by atoms with Crippen LogP contribution in [0.15, 0.2) is 127 Å². The van der Waals surface area contributed by atoms with Crippen molar-refractivity contribution in [3.05, 3.63) is 155 Å². The summed E-state index contributed by atoms with van der Waals surface area (Å²) in [7, 11) is 0. The number of carbonyl (C=O) groups is 4. The second-order valence-corrected chi connectivity index (χ2v) is 9.28. The first kappa shape index (κ1) is 26.2. The van der Waals surface area contributed by atoms with Crippen molar-refractivity contribution in [2.75, 3.05) is 0 Å². The van der Waals surface area contributed by atoms with Crippen molar-refractivity contribution in [1.29, 1.82) is 0 Å². The number of hydrogen-bond donors (Lipinski definition) is 0. The van der Waals surface area contributed by atoms with Crippen molar-refractivity contribution in [2.45, 2.75) is 6.92 Å². The first-order valence-electron chi connectivity index (χ1n) is 12.7. The number of hydrogen-bond acceptors (Lipinski definition) is 5. The molecule has 0 bridgehead atoms. The average Bonchev–Trinajstić information content (AvgIpc) is 3.01. The van der Waals surface area contributed by atoms with Crippen LogP contribution in [0.4, 0.5) is 0 Å². The SMILES string of the molecule is Cc1ccc(C(=O)C(=O)c2ccc(-c3ccc(Oc4ccc(C(=O)C(=O)c5ccccc5)cc4)cc3)cc2)cc1. The number of benzene rings is 5. The summed E-state index contributed by atoms with van der Waals surface area (Å²) >= 11 is 0. The van der Waals surface area contributed by atoms with Crippen LogP contribution in [0.2, 0.25) is 0 Å². The lowest BCUT2D eigenvalue weighted by Gasteiger charge is -2.08. The van der Waals surface area contributed by atoms with Crippen molar-refractivity contribution in [2.24, 2.45) is 0 Å². The maximum absolute atomic E-state index is 12.7. The third-order valence-electron chi connectivity index (χ3n) is 6.45. The molecule has 194 valence electrons. The Bertz CT molecular complexity index is 1680. The molecule has 0 aliphatic heterocycles. The topological polar surface area (TPSA) is 77.5 Å². The lowest BCUT2D eigenvalue weighted by molar-refractivity contribution is 0.0817. The summed E-state index contributed by atoms with van der Waals surface area (Å²) in [6, 6.07) is 36.1. The molecular formula is C35H24O5. The van der Waals surface area contributed by atoms with Gasteiger partial charge in [-0.15, -0.1) is 0 Å².